The first kappa shape index (κ1) is 82.5. The van der Waals surface area contributed by atoms with Crippen molar-refractivity contribution in [2.45, 2.75) is 26.4 Å². The van der Waals surface area contributed by atoms with Crippen LogP contribution in [-0.2, 0) is 45.4 Å². The Hall–Kier alpha value is -13.6. The van der Waals surface area contributed by atoms with Gasteiger partial charge in [-0.2, -0.15) is 0 Å². The molecule has 0 amide bonds. The topological polar surface area (TPSA) is 118 Å². The summed E-state index contributed by atoms with van der Waals surface area (Å²) < 4.78 is 244. The highest BCUT2D eigenvalue weighted by molar-refractivity contribution is 6.00. The molecule has 0 aliphatic carbocycles. The van der Waals surface area contributed by atoms with Crippen LogP contribution in [0.5, 0.6) is 0 Å². The number of halogens is 16. The first-order chi connectivity index (χ1) is 53.1. The van der Waals surface area contributed by atoms with Crippen LogP contribution in [0.4, 0.5) is 93.0 Å². The lowest BCUT2D eigenvalue weighted by atomic mass is 9.97. The number of rotatable bonds is 16. The molecule has 0 aromatic heterocycles. The Morgan fingerprint density at radius 3 is 0.571 bits per heavy atom. The lowest BCUT2D eigenvalue weighted by molar-refractivity contribution is 0.0452. The van der Waals surface area contributed by atoms with Crippen LogP contribution < -0.4 is 19.6 Å². The molecule has 0 aliphatic rings. The molecule has 0 aliphatic heterocycles. The lowest BCUT2D eigenvalue weighted by Gasteiger charge is -2.13. The third-order valence-electron chi connectivity index (χ3n) is 16.2. The van der Waals surface area contributed by atoms with Gasteiger partial charge in [-0.3, -0.25) is 0 Å². The van der Waals surface area contributed by atoms with Crippen LogP contribution >= 0.6 is 0 Å². The second-order valence-corrected chi connectivity index (χ2v) is 24.8. The van der Waals surface area contributed by atoms with Crippen LogP contribution in [0.3, 0.4) is 0 Å². The summed E-state index contributed by atoms with van der Waals surface area (Å²) in [5, 5.41) is 0. The van der Waals surface area contributed by atoms with Crippen LogP contribution in [0, 0.1) is 140 Å². The van der Waals surface area contributed by atoms with Crippen molar-refractivity contribution in [3.63, 3.8) is 0 Å². The van der Waals surface area contributed by atoms with Crippen molar-refractivity contribution in [1.29, 1.82) is 0 Å². The first-order valence-corrected chi connectivity index (χ1v) is 32.6. The lowest BCUT2D eigenvalue weighted by Crippen LogP contribution is -2.14. The zero-order chi connectivity index (χ0) is 81.7. The van der Waals surface area contributed by atoms with Gasteiger partial charge >= 0.3 is 23.9 Å². The Labute approximate surface area is 629 Å². The van der Waals surface area contributed by atoms with Crippen LogP contribution in [0.2, 0.25) is 0 Å². The highest BCUT2D eigenvalue weighted by Crippen LogP contribution is 2.29. The molecule has 0 spiro atoms. The molecule has 572 valence electrons. The van der Waals surface area contributed by atoms with Gasteiger partial charge in [-0.1, -0.05) is 47.4 Å². The molecule has 0 bridgehead atoms. The van der Waals surface area contributed by atoms with Crippen LogP contribution in [0.1, 0.15) is 108 Å². The van der Waals surface area contributed by atoms with Gasteiger partial charge in [-0.15, -0.1) is 0 Å². The molecular formula is C84H56F16N4O8. The fraction of sp³-hybridized carbons (Fsp3) is 0.143. The summed E-state index contributed by atoms with van der Waals surface area (Å²) in [6.07, 6.45) is 0. The normalized spacial score (nSPS) is 10.5. The predicted octanol–water partition coefficient (Wildman–Crippen LogP) is 16.9. The fourth-order valence-corrected chi connectivity index (χ4v) is 10.0. The standard InChI is InChI=1S/2C42H28F8N2O4/c2*1-51(2)29-13-7-23(8-14-29)5-11-25-17-32(42(54)56-22-28-20-34(44)38(48)40(50)36(28)46)26(12-6-24-9-15-30(16-10-24)52(3)4)18-31(25)41(53)55-21-27-19-33(43)37(47)39(49)35(27)45/h2*7-10,13-20H,21-22H2,1-4H3. The number of anilines is 4. The molecule has 0 heterocycles. The maximum Gasteiger partial charge on any atom is 0.339 e. The highest BCUT2D eigenvalue weighted by Gasteiger charge is 2.28. The van der Waals surface area contributed by atoms with E-state index in [2.05, 4.69) is 47.4 Å². The highest BCUT2D eigenvalue weighted by atomic mass is 19.2. The fourth-order valence-electron chi connectivity index (χ4n) is 10.0. The van der Waals surface area contributed by atoms with Crippen molar-refractivity contribution < 1.29 is 108 Å². The van der Waals surface area contributed by atoms with E-state index in [0.29, 0.717) is 46.5 Å². The van der Waals surface area contributed by atoms with Gasteiger partial charge in [0.05, 0.1) is 22.3 Å². The van der Waals surface area contributed by atoms with Crippen molar-refractivity contribution in [2.24, 2.45) is 0 Å². The Morgan fingerprint density at radius 1 is 0.241 bits per heavy atom. The number of ether oxygens (including phenoxy) is 4. The van der Waals surface area contributed by atoms with Crippen molar-refractivity contribution in [2.75, 3.05) is 76.0 Å². The second-order valence-electron chi connectivity index (χ2n) is 24.8. The monoisotopic (exact) mass is 1550 g/mol. The number of carbonyl (C=O) groups excluding carboxylic acids is 4. The smallest absolute Gasteiger partial charge is 0.339 e. The molecule has 0 radical (unpaired) electrons. The van der Waals surface area contributed by atoms with Crippen molar-refractivity contribution in [3.8, 4) is 47.4 Å². The number of benzene rings is 10. The van der Waals surface area contributed by atoms with Gasteiger partial charge in [0.15, 0.2) is 93.1 Å². The van der Waals surface area contributed by atoms with Gasteiger partial charge in [-0.05, 0) is 146 Å². The molecule has 0 unspecified atom stereocenters. The molecule has 28 heteroatoms. The van der Waals surface area contributed by atoms with E-state index < -0.39 is 166 Å². The summed E-state index contributed by atoms with van der Waals surface area (Å²) in [4.78, 5) is 61.6. The third kappa shape index (κ3) is 19.8. The Kier molecular flexibility index (Phi) is 26.6. The molecule has 10 aromatic carbocycles. The van der Waals surface area contributed by atoms with Crippen molar-refractivity contribution in [1.82, 2.24) is 0 Å². The Morgan fingerprint density at radius 2 is 0.411 bits per heavy atom. The van der Waals surface area contributed by atoms with Gasteiger partial charge in [-0.25, -0.2) is 89.4 Å². The van der Waals surface area contributed by atoms with E-state index in [9.17, 15) is 89.4 Å². The molecule has 12 nitrogen and oxygen atoms in total. The predicted molar refractivity (Wildman–Crippen MR) is 381 cm³/mol. The molecule has 10 aromatic rings. The Balaban J connectivity index is 0.000000257. The first-order valence-electron chi connectivity index (χ1n) is 32.6. The Bertz CT molecular complexity index is 4930. The quantitative estimate of drug-likeness (QED) is 0.0229. The van der Waals surface area contributed by atoms with Crippen LogP contribution in [0.25, 0.3) is 0 Å². The van der Waals surface area contributed by atoms with Crippen molar-refractivity contribution in [3.05, 3.63) is 328 Å². The molecule has 0 saturated carbocycles. The zero-order valence-corrected chi connectivity index (χ0v) is 59.8. The largest absolute Gasteiger partial charge is 0.457 e. The average Bonchev–Trinajstić information content (AvgIpc) is 0.817. The maximum absolute atomic E-state index is 14.4. The van der Waals surface area contributed by atoms with E-state index in [0.717, 1.165) is 47.0 Å². The zero-order valence-electron chi connectivity index (χ0n) is 59.8. The van der Waals surface area contributed by atoms with Gasteiger partial charge in [0.25, 0.3) is 0 Å². The number of esters is 4. The average molecular weight is 1550 g/mol. The molecule has 0 fully saturated rings. The summed E-state index contributed by atoms with van der Waals surface area (Å²) >= 11 is 0. The second kappa shape index (κ2) is 36.1. The van der Waals surface area contributed by atoms with E-state index in [-0.39, 0.29) is 44.5 Å². The van der Waals surface area contributed by atoms with E-state index in [4.69, 9.17) is 18.9 Å². The number of hydrogen-bond acceptors (Lipinski definition) is 12. The summed E-state index contributed by atoms with van der Waals surface area (Å²) in [6, 6.07) is 32.8. The molecule has 10 rings (SSSR count). The minimum absolute atomic E-state index is 0.207. The van der Waals surface area contributed by atoms with Gasteiger partial charge < -0.3 is 38.5 Å². The molecule has 112 heavy (non-hydrogen) atoms. The molecule has 0 saturated heterocycles. The van der Waals surface area contributed by atoms with Crippen molar-refractivity contribution >= 4 is 46.6 Å². The van der Waals surface area contributed by atoms with Crippen LogP contribution in [-0.4, -0.2) is 80.3 Å². The summed E-state index contributed by atoms with van der Waals surface area (Å²) in [7, 11) is 14.6. The number of nitrogens with zero attached hydrogens (tertiary/aromatic N) is 4. The van der Waals surface area contributed by atoms with E-state index in [1.165, 1.54) is 0 Å². The molecular weight excluding hydrogens is 1500 g/mol. The summed E-state index contributed by atoms with van der Waals surface area (Å²) in [6.45, 7) is -4.23. The number of hydrogen-bond donors (Lipinski definition) is 0. The van der Waals surface area contributed by atoms with Gasteiger partial charge in [0.1, 0.15) is 26.4 Å². The van der Waals surface area contributed by atoms with E-state index in [1.807, 2.05) is 76.0 Å². The SMILES string of the molecule is CN(C)c1ccc(C#Cc2cc(C(=O)OCc3cc(F)c(F)c(F)c3F)c(C#Cc3ccc(N(C)C)cc3)cc2C(=O)OCc2cc(F)c(F)c(F)c2F)cc1.CN(C)c1ccc(C#Cc2cc(C(=O)OCc3cc(F)c(F)c(F)c3F)c(C#Cc3ccc(N(C)C)cc3)cc2C(=O)OCc2cc(F)c(F)c(F)c2F)cc1. The molecule has 0 N–H and O–H groups in total. The minimum Gasteiger partial charge on any atom is -0.457 e. The summed E-state index contributed by atoms with van der Waals surface area (Å²) in [5.74, 6) is -13.5. The van der Waals surface area contributed by atoms with E-state index in [1.54, 1.807) is 97.1 Å². The number of carbonyl (C=O) groups is 4. The van der Waals surface area contributed by atoms with E-state index >= 15 is 0 Å². The van der Waals surface area contributed by atoms with Gasteiger partial charge in [0.2, 0.25) is 0 Å². The molecule has 0 atom stereocenters. The summed E-state index contributed by atoms with van der Waals surface area (Å²) in [5.41, 5.74) is -0.510. The maximum atomic E-state index is 14.4. The van der Waals surface area contributed by atoms with Gasteiger partial charge in [0, 0.05) is 146 Å². The van der Waals surface area contributed by atoms with Crippen LogP contribution in [0.15, 0.2) is 146 Å². The minimum atomic E-state index is -2.12. The third-order valence-corrected chi connectivity index (χ3v) is 16.2.